The van der Waals surface area contributed by atoms with Crippen molar-refractivity contribution in [3.63, 3.8) is 0 Å². The summed E-state index contributed by atoms with van der Waals surface area (Å²) in [4.78, 5) is 12.0. The quantitative estimate of drug-likeness (QED) is 0.330. The number of rotatable bonds is 10. The van der Waals surface area contributed by atoms with E-state index >= 15 is 0 Å². The minimum absolute atomic E-state index is 0.0164. The lowest BCUT2D eigenvalue weighted by molar-refractivity contribution is 0.0695. The second kappa shape index (κ2) is 11.1. The third-order valence-corrected chi connectivity index (χ3v) is 7.70. The standard InChI is InChI=1S/C30H36N4O3/c1-32-19-28(31)25-17-26(25)29-27(30(35)36)18-33-34(29)23-11-5-9-21(15-23)22-10-6-12-24(16-22)37-14-13-20-7-3-2-4-8-20/h5-6,9-12,15-16,18-20,25-26,32H,2-4,7-8,13-14,17,31H2,1H3,(H,35,36)/b28-19-/t25?,26-/m1/s1. The van der Waals surface area contributed by atoms with Crippen LogP contribution in [0, 0.1) is 11.8 Å². The number of aromatic carboxylic acids is 1. The Morgan fingerprint density at radius 1 is 1.16 bits per heavy atom. The Bertz CT molecular complexity index is 1280. The smallest absolute Gasteiger partial charge is 0.339 e. The Hall–Kier alpha value is -3.74. The van der Waals surface area contributed by atoms with Crippen LogP contribution >= 0.6 is 0 Å². The highest BCUT2D eigenvalue weighted by Gasteiger charge is 2.45. The largest absolute Gasteiger partial charge is 0.494 e. The van der Waals surface area contributed by atoms with Gasteiger partial charge in [0.25, 0.3) is 0 Å². The van der Waals surface area contributed by atoms with Crippen molar-refractivity contribution in [2.45, 2.75) is 50.9 Å². The molecule has 2 aliphatic rings. The molecule has 1 aromatic heterocycles. The van der Waals surface area contributed by atoms with Gasteiger partial charge in [0, 0.05) is 30.8 Å². The van der Waals surface area contributed by atoms with Gasteiger partial charge in [-0.1, -0.05) is 56.4 Å². The zero-order valence-corrected chi connectivity index (χ0v) is 21.4. The fraction of sp³-hybridized carbons (Fsp3) is 0.400. The van der Waals surface area contributed by atoms with Crippen molar-refractivity contribution in [1.29, 1.82) is 0 Å². The predicted octanol–water partition coefficient (Wildman–Crippen LogP) is 5.71. The molecule has 0 spiro atoms. The zero-order valence-electron chi connectivity index (χ0n) is 21.4. The van der Waals surface area contributed by atoms with Gasteiger partial charge < -0.3 is 20.9 Å². The number of hydrogen-bond acceptors (Lipinski definition) is 5. The maximum absolute atomic E-state index is 12.0. The topological polar surface area (TPSA) is 102 Å². The summed E-state index contributed by atoms with van der Waals surface area (Å²) in [6.45, 7) is 0.746. The number of carboxylic acids is 1. The Morgan fingerprint density at radius 3 is 2.68 bits per heavy atom. The number of carbonyl (C=O) groups is 1. The highest BCUT2D eigenvalue weighted by atomic mass is 16.5. The van der Waals surface area contributed by atoms with Gasteiger partial charge in [0.05, 0.1) is 24.2 Å². The van der Waals surface area contributed by atoms with Gasteiger partial charge in [0.2, 0.25) is 0 Å². The van der Waals surface area contributed by atoms with E-state index in [9.17, 15) is 9.90 Å². The van der Waals surface area contributed by atoms with E-state index in [4.69, 9.17) is 10.5 Å². The summed E-state index contributed by atoms with van der Waals surface area (Å²) in [5.74, 6) is 0.814. The van der Waals surface area contributed by atoms with Crippen LogP contribution in [-0.2, 0) is 0 Å². The molecule has 2 saturated carbocycles. The van der Waals surface area contributed by atoms with Crippen molar-refractivity contribution in [2.75, 3.05) is 13.7 Å². The minimum atomic E-state index is -0.975. The molecule has 1 unspecified atom stereocenters. The second-order valence-electron chi connectivity index (χ2n) is 10.3. The molecule has 0 radical (unpaired) electrons. The number of nitrogens with one attached hydrogen (secondary N) is 1. The van der Waals surface area contributed by atoms with Crippen LogP contribution in [0.25, 0.3) is 16.8 Å². The summed E-state index contributed by atoms with van der Waals surface area (Å²) in [6, 6.07) is 16.2. The van der Waals surface area contributed by atoms with Crippen molar-refractivity contribution in [3.8, 4) is 22.6 Å². The molecule has 0 bridgehead atoms. The predicted molar refractivity (Wildman–Crippen MR) is 145 cm³/mol. The molecule has 4 N–H and O–H groups in total. The van der Waals surface area contributed by atoms with Gasteiger partial charge in [-0.05, 0) is 54.2 Å². The van der Waals surface area contributed by atoms with Crippen molar-refractivity contribution in [1.82, 2.24) is 15.1 Å². The molecule has 1 heterocycles. The number of aromatic nitrogens is 2. The molecule has 7 nitrogen and oxygen atoms in total. The molecule has 0 saturated heterocycles. The molecular formula is C30H36N4O3. The average Bonchev–Trinajstić information content (AvgIpc) is 3.59. The van der Waals surface area contributed by atoms with E-state index in [0.29, 0.717) is 5.69 Å². The monoisotopic (exact) mass is 500 g/mol. The van der Waals surface area contributed by atoms with E-state index in [2.05, 4.69) is 28.6 Å². The van der Waals surface area contributed by atoms with Crippen molar-refractivity contribution in [2.24, 2.45) is 17.6 Å². The third kappa shape index (κ3) is 5.66. The molecule has 2 atom stereocenters. The van der Waals surface area contributed by atoms with Gasteiger partial charge in [0.1, 0.15) is 11.3 Å². The summed E-state index contributed by atoms with van der Waals surface area (Å²) in [5.41, 5.74) is 10.7. The van der Waals surface area contributed by atoms with Gasteiger partial charge in [-0.3, -0.25) is 0 Å². The number of nitrogens with zero attached hydrogens (tertiary/aromatic N) is 2. The van der Waals surface area contributed by atoms with Gasteiger partial charge in [-0.2, -0.15) is 5.10 Å². The van der Waals surface area contributed by atoms with Gasteiger partial charge in [-0.25, -0.2) is 9.48 Å². The summed E-state index contributed by atoms with van der Waals surface area (Å²) < 4.78 is 7.88. The number of benzene rings is 2. The number of nitrogens with two attached hydrogens (primary N) is 1. The summed E-state index contributed by atoms with van der Waals surface area (Å²) in [6.07, 6.45) is 11.9. The highest BCUT2D eigenvalue weighted by Crippen LogP contribution is 2.51. The summed E-state index contributed by atoms with van der Waals surface area (Å²) in [5, 5.41) is 17.3. The molecule has 7 heteroatoms. The Kier molecular flexibility index (Phi) is 7.49. The average molecular weight is 501 g/mol. The van der Waals surface area contributed by atoms with Crippen molar-refractivity contribution in [3.05, 3.63) is 77.9 Å². The van der Waals surface area contributed by atoms with Crippen LogP contribution in [-0.4, -0.2) is 34.5 Å². The van der Waals surface area contributed by atoms with E-state index < -0.39 is 5.97 Å². The van der Waals surface area contributed by atoms with Crippen LogP contribution in [0.3, 0.4) is 0 Å². The lowest BCUT2D eigenvalue weighted by Gasteiger charge is -2.21. The molecule has 3 aromatic rings. The third-order valence-electron chi connectivity index (χ3n) is 7.70. The van der Waals surface area contributed by atoms with Gasteiger partial charge >= 0.3 is 5.97 Å². The Balaban J connectivity index is 1.36. The molecule has 194 valence electrons. The number of carboxylic acid groups (broad SMARTS) is 1. The zero-order chi connectivity index (χ0) is 25.8. The maximum atomic E-state index is 12.0. The van der Waals surface area contributed by atoms with E-state index in [0.717, 1.165) is 53.6 Å². The maximum Gasteiger partial charge on any atom is 0.339 e. The molecule has 5 rings (SSSR count). The van der Waals surface area contributed by atoms with Crippen LogP contribution in [0.2, 0.25) is 0 Å². The first kappa shape index (κ1) is 24.9. The fourth-order valence-corrected chi connectivity index (χ4v) is 5.63. The summed E-state index contributed by atoms with van der Waals surface area (Å²) in [7, 11) is 1.81. The lowest BCUT2D eigenvalue weighted by Crippen LogP contribution is -2.10. The number of ether oxygens (including phenoxy) is 1. The Morgan fingerprint density at radius 2 is 1.92 bits per heavy atom. The van der Waals surface area contributed by atoms with Crippen molar-refractivity contribution >= 4 is 5.97 Å². The van der Waals surface area contributed by atoms with Gasteiger partial charge in [0.15, 0.2) is 0 Å². The van der Waals surface area contributed by atoms with Gasteiger partial charge in [-0.15, -0.1) is 0 Å². The van der Waals surface area contributed by atoms with Crippen LogP contribution in [0.15, 0.2) is 66.6 Å². The van der Waals surface area contributed by atoms with E-state index in [1.807, 2.05) is 30.3 Å². The molecule has 2 fully saturated rings. The number of hydrogen-bond donors (Lipinski definition) is 3. The fourth-order valence-electron chi connectivity index (χ4n) is 5.63. The van der Waals surface area contributed by atoms with E-state index in [-0.39, 0.29) is 17.4 Å². The lowest BCUT2D eigenvalue weighted by atomic mass is 9.87. The Labute approximate surface area is 218 Å². The van der Waals surface area contributed by atoms with E-state index in [1.165, 1.54) is 38.3 Å². The molecule has 37 heavy (non-hydrogen) atoms. The summed E-state index contributed by atoms with van der Waals surface area (Å²) >= 11 is 0. The van der Waals surface area contributed by atoms with Crippen molar-refractivity contribution < 1.29 is 14.6 Å². The number of allylic oxidation sites excluding steroid dienone is 1. The highest BCUT2D eigenvalue weighted by molar-refractivity contribution is 5.89. The normalized spacial score (nSPS) is 20.0. The van der Waals surface area contributed by atoms with Crippen LogP contribution < -0.4 is 15.8 Å². The first-order chi connectivity index (χ1) is 18.0. The van der Waals surface area contributed by atoms with E-state index in [1.54, 1.807) is 17.9 Å². The van der Waals surface area contributed by atoms with Crippen LogP contribution in [0.1, 0.15) is 66.9 Å². The SMILES string of the molecule is CN/C=C(\N)C1C[C@H]1c1c(C(=O)O)cnn1-c1cccc(-c2cccc(OCCC3CCCCC3)c2)c1. The first-order valence-corrected chi connectivity index (χ1v) is 13.3. The van der Waals surface area contributed by atoms with Crippen LogP contribution in [0.4, 0.5) is 0 Å². The second-order valence-corrected chi connectivity index (χ2v) is 10.3. The molecule has 0 aliphatic heterocycles. The first-order valence-electron chi connectivity index (χ1n) is 13.3. The molecule has 2 aromatic carbocycles. The molecule has 2 aliphatic carbocycles. The molecular weight excluding hydrogens is 464 g/mol. The van der Waals surface area contributed by atoms with Crippen LogP contribution in [0.5, 0.6) is 5.75 Å². The molecule has 0 amide bonds. The minimum Gasteiger partial charge on any atom is -0.494 e.